The van der Waals surface area contributed by atoms with E-state index in [4.69, 9.17) is 0 Å². The Morgan fingerprint density at radius 1 is 1.33 bits per heavy atom. The number of benzene rings is 1. The van der Waals surface area contributed by atoms with E-state index in [1.807, 2.05) is 0 Å². The molecular weight excluding hydrogens is 182 g/mol. The van der Waals surface area contributed by atoms with Crippen LogP contribution in [0.1, 0.15) is 31.7 Å². The summed E-state index contributed by atoms with van der Waals surface area (Å²) in [5.41, 5.74) is 1.53. The van der Waals surface area contributed by atoms with Crippen LogP contribution >= 0.6 is 0 Å². The van der Waals surface area contributed by atoms with Crippen LogP contribution in [0.15, 0.2) is 30.3 Å². The van der Waals surface area contributed by atoms with Crippen LogP contribution in [-0.4, -0.2) is 13.1 Å². The molecule has 0 bridgehead atoms. The smallest absolute Gasteiger partial charge is 0.00204 e. The first kappa shape index (κ1) is 10.7. The minimum absolute atomic E-state index is 0.815. The molecule has 1 aliphatic rings. The van der Waals surface area contributed by atoms with Gasteiger partial charge in [0.15, 0.2) is 0 Å². The van der Waals surface area contributed by atoms with Gasteiger partial charge in [-0.25, -0.2) is 0 Å². The van der Waals surface area contributed by atoms with Gasteiger partial charge in [0.25, 0.3) is 0 Å². The van der Waals surface area contributed by atoms with Gasteiger partial charge >= 0.3 is 0 Å². The minimum atomic E-state index is 0.815. The van der Waals surface area contributed by atoms with Crippen LogP contribution in [0.4, 0.5) is 0 Å². The monoisotopic (exact) mass is 203 g/mol. The molecule has 0 amide bonds. The van der Waals surface area contributed by atoms with Crippen LogP contribution in [0.5, 0.6) is 0 Å². The highest BCUT2D eigenvalue weighted by Crippen LogP contribution is 2.51. The molecule has 1 saturated carbocycles. The molecule has 1 N–H and O–H groups in total. The first-order valence-corrected chi connectivity index (χ1v) is 6.08. The van der Waals surface area contributed by atoms with Gasteiger partial charge in [-0.15, -0.1) is 0 Å². The summed E-state index contributed by atoms with van der Waals surface area (Å²) in [5, 5.41) is 3.44. The zero-order chi connectivity index (χ0) is 10.7. The fourth-order valence-electron chi connectivity index (χ4n) is 2.45. The maximum Gasteiger partial charge on any atom is -0.00204 e. The first-order chi connectivity index (χ1) is 7.33. The van der Waals surface area contributed by atoms with E-state index in [-0.39, 0.29) is 0 Å². The summed E-state index contributed by atoms with van der Waals surface area (Å²) in [6.07, 6.45) is 1.39. The number of hydrogen-bond acceptors (Lipinski definition) is 1. The van der Waals surface area contributed by atoms with Crippen molar-refractivity contribution in [3.8, 4) is 0 Å². The molecule has 1 aromatic carbocycles. The highest BCUT2D eigenvalue weighted by molar-refractivity contribution is 5.25. The van der Waals surface area contributed by atoms with Crippen molar-refractivity contribution < 1.29 is 0 Å². The summed E-state index contributed by atoms with van der Waals surface area (Å²) >= 11 is 0. The molecule has 82 valence electrons. The Labute approximate surface area is 92.9 Å². The van der Waals surface area contributed by atoms with E-state index in [0.29, 0.717) is 0 Å². The van der Waals surface area contributed by atoms with Gasteiger partial charge in [-0.2, -0.15) is 0 Å². The predicted octanol–water partition coefficient (Wildman–Crippen LogP) is 3.04. The predicted molar refractivity (Wildman–Crippen MR) is 65.0 cm³/mol. The standard InChI is InChI=1S/C14H21N/c1-3-15-10-11(2)13-9-14(13)12-7-5-4-6-8-12/h4-8,11,13-15H,3,9-10H2,1-2H3. The van der Waals surface area contributed by atoms with Gasteiger partial charge in [-0.1, -0.05) is 44.2 Å². The molecule has 3 atom stereocenters. The Hall–Kier alpha value is -0.820. The highest BCUT2D eigenvalue weighted by atomic mass is 14.8. The van der Waals surface area contributed by atoms with Crippen LogP contribution in [0.3, 0.4) is 0 Å². The average Bonchev–Trinajstić information content (AvgIpc) is 3.07. The molecule has 1 fully saturated rings. The van der Waals surface area contributed by atoms with Crippen LogP contribution in [0.25, 0.3) is 0 Å². The molecule has 15 heavy (non-hydrogen) atoms. The summed E-state index contributed by atoms with van der Waals surface area (Å²) in [6, 6.07) is 10.9. The summed E-state index contributed by atoms with van der Waals surface area (Å²) in [4.78, 5) is 0. The highest BCUT2D eigenvalue weighted by Gasteiger charge is 2.41. The van der Waals surface area contributed by atoms with Crippen molar-refractivity contribution in [3.05, 3.63) is 35.9 Å². The SMILES string of the molecule is CCNCC(C)C1CC1c1ccccc1. The van der Waals surface area contributed by atoms with E-state index in [9.17, 15) is 0 Å². The van der Waals surface area contributed by atoms with Gasteiger partial charge in [0.2, 0.25) is 0 Å². The zero-order valence-electron chi connectivity index (χ0n) is 9.74. The normalized spacial score (nSPS) is 26.3. The van der Waals surface area contributed by atoms with Gasteiger partial charge in [0.1, 0.15) is 0 Å². The molecule has 0 heterocycles. The molecule has 3 unspecified atom stereocenters. The lowest BCUT2D eigenvalue weighted by Crippen LogP contribution is -2.22. The van der Waals surface area contributed by atoms with Crippen LogP contribution in [0.2, 0.25) is 0 Å². The summed E-state index contributed by atoms with van der Waals surface area (Å²) < 4.78 is 0. The maximum atomic E-state index is 3.44. The molecule has 0 spiro atoms. The van der Waals surface area contributed by atoms with Gasteiger partial charge in [0.05, 0.1) is 0 Å². The molecule has 0 saturated heterocycles. The van der Waals surface area contributed by atoms with E-state index in [2.05, 4.69) is 49.5 Å². The van der Waals surface area contributed by atoms with Crippen LogP contribution < -0.4 is 5.32 Å². The molecule has 0 aromatic heterocycles. The molecule has 0 radical (unpaired) electrons. The van der Waals surface area contributed by atoms with E-state index in [1.165, 1.54) is 18.5 Å². The number of nitrogens with one attached hydrogen (secondary N) is 1. The van der Waals surface area contributed by atoms with Gasteiger partial charge < -0.3 is 5.32 Å². The Bertz CT molecular complexity index is 293. The quantitative estimate of drug-likeness (QED) is 0.775. The average molecular weight is 203 g/mol. The Balaban J connectivity index is 1.85. The second kappa shape index (κ2) is 4.80. The van der Waals surface area contributed by atoms with Crippen molar-refractivity contribution in [2.75, 3.05) is 13.1 Å². The largest absolute Gasteiger partial charge is 0.317 e. The van der Waals surface area contributed by atoms with Crippen molar-refractivity contribution in [1.82, 2.24) is 5.32 Å². The van der Waals surface area contributed by atoms with Crippen LogP contribution in [0, 0.1) is 11.8 Å². The molecule has 1 aliphatic carbocycles. The topological polar surface area (TPSA) is 12.0 Å². The summed E-state index contributed by atoms with van der Waals surface area (Å²) in [5.74, 6) is 2.56. The van der Waals surface area contributed by atoms with Crippen LogP contribution in [-0.2, 0) is 0 Å². The first-order valence-electron chi connectivity index (χ1n) is 6.08. The Morgan fingerprint density at radius 3 is 2.73 bits per heavy atom. The third-order valence-electron chi connectivity index (χ3n) is 3.51. The number of rotatable bonds is 5. The third-order valence-corrected chi connectivity index (χ3v) is 3.51. The fourth-order valence-corrected chi connectivity index (χ4v) is 2.45. The van der Waals surface area contributed by atoms with E-state index in [1.54, 1.807) is 0 Å². The fraction of sp³-hybridized carbons (Fsp3) is 0.571. The third kappa shape index (κ3) is 2.60. The van der Waals surface area contributed by atoms with Crippen molar-refractivity contribution in [2.45, 2.75) is 26.2 Å². The molecule has 2 rings (SSSR count). The van der Waals surface area contributed by atoms with E-state index < -0.39 is 0 Å². The zero-order valence-corrected chi connectivity index (χ0v) is 9.74. The summed E-state index contributed by atoms with van der Waals surface area (Å²) in [7, 11) is 0. The second-order valence-corrected chi connectivity index (χ2v) is 4.70. The van der Waals surface area contributed by atoms with E-state index in [0.717, 1.165) is 24.3 Å². The minimum Gasteiger partial charge on any atom is -0.317 e. The van der Waals surface area contributed by atoms with Gasteiger partial charge in [0, 0.05) is 0 Å². The lowest BCUT2D eigenvalue weighted by atomic mass is 10.0. The van der Waals surface area contributed by atoms with Crippen molar-refractivity contribution in [2.24, 2.45) is 11.8 Å². The van der Waals surface area contributed by atoms with Crippen molar-refractivity contribution >= 4 is 0 Å². The second-order valence-electron chi connectivity index (χ2n) is 4.70. The molecular formula is C14H21N. The molecule has 0 aliphatic heterocycles. The Kier molecular flexibility index (Phi) is 3.42. The van der Waals surface area contributed by atoms with Gasteiger partial charge in [-0.3, -0.25) is 0 Å². The maximum absolute atomic E-state index is 3.44. The molecule has 1 nitrogen and oxygen atoms in total. The lowest BCUT2D eigenvalue weighted by molar-refractivity contribution is 0.461. The molecule has 1 heteroatoms. The Morgan fingerprint density at radius 2 is 2.07 bits per heavy atom. The summed E-state index contributed by atoms with van der Waals surface area (Å²) in [6.45, 7) is 6.81. The molecule has 1 aromatic rings. The van der Waals surface area contributed by atoms with Gasteiger partial charge in [-0.05, 0) is 42.8 Å². The van der Waals surface area contributed by atoms with Crippen molar-refractivity contribution in [3.63, 3.8) is 0 Å². The van der Waals surface area contributed by atoms with E-state index >= 15 is 0 Å². The van der Waals surface area contributed by atoms with Crippen molar-refractivity contribution in [1.29, 1.82) is 0 Å². The lowest BCUT2D eigenvalue weighted by Gasteiger charge is -2.11. The number of hydrogen-bond donors (Lipinski definition) is 1.